The quantitative estimate of drug-likeness (QED) is 0.842. The van der Waals surface area contributed by atoms with Crippen molar-refractivity contribution in [3.8, 4) is 17.2 Å². The van der Waals surface area contributed by atoms with Gasteiger partial charge >= 0.3 is 6.18 Å². The number of alkyl halides is 3. The fourth-order valence-electron chi connectivity index (χ4n) is 3.02. The van der Waals surface area contributed by atoms with E-state index in [0.29, 0.717) is 17.9 Å². The zero-order valence-electron chi connectivity index (χ0n) is 14.8. The number of halogens is 3. The maximum Gasteiger partial charge on any atom is 0.416 e. The number of ether oxygens (including phenoxy) is 2. The monoisotopic (exact) mass is 394 g/mol. The third-order valence-corrected chi connectivity index (χ3v) is 4.37. The number of benzene rings is 2. The average molecular weight is 394 g/mol. The number of nitrogens with zero attached hydrogens (tertiary/aromatic N) is 1. The van der Waals surface area contributed by atoms with Crippen LogP contribution in [0.4, 0.5) is 18.9 Å². The lowest BCUT2D eigenvalue weighted by Gasteiger charge is -2.25. The summed E-state index contributed by atoms with van der Waals surface area (Å²) < 4.78 is 48.9. The Bertz CT molecular complexity index is 897. The predicted octanol–water partition coefficient (Wildman–Crippen LogP) is 3.49. The summed E-state index contributed by atoms with van der Waals surface area (Å²) in [5.41, 5.74) is 4.91. The number of hydrogen-bond acceptors (Lipinski definition) is 4. The van der Waals surface area contributed by atoms with Crippen molar-refractivity contribution >= 4 is 17.5 Å². The molecule has 0 radical (unpaired) electrons. The van der Waals surface area contributed by atoms with Crippen molar-refractivity contribution < 1.29 is 32.2 Å². The summed E-state index contributed by atoms with van der Waals surface area (Å²) in [5.74, 6) is -0.140. The zero-order valence-corrected chi connectivity index (χ0v) is 14.8. The average Bonchev–Trinajstić information content (AvgIpc) is 3.03. The molecule has 3 rings (SSSR count). The topological polar surface area (TPSA) is 81.9 Å². The molecule has 28 heavy (non-hydrogen) atoms. The van der Waals surface area contributed by atoms with Crippen LogP contribution >= 0.6 is 0 Å². The Balaban J connectivity index is 1.91. The molecule has 1 unspecified atom stereocenters. The molecular formula is C19H17F3N2O4. The largest absolute Gasteiger partial charge is 0.495 e. The molecule has 1 saturated heterocycles. The van der Waals surface area contributed by atoms with Gasteiger partial charge in [-0.1, -0.05) is 0 Å². The molecule has 2 N–H and O–H groups in total. The molecule has 0 aromatic heterocycles. The van der Waals surface area contributed by atoms with Crippen LogP contribution in [0.1, 0.15) is 18.4 Å². The molecule has 1 aliphatic rings. The summed E-state index contributed by atoms with van der Waals surface area (Å²) in [4.78, 5) is 25.2. The summed E-state index contributed by atoms with van der Waals surface area (Å²) in [6, 6.07) is 7.97. The van der Waals surface area contributed by atoms with E-state index in [1.807, 2.05) is 0 Å². The van der Waals surface area contributed by atoms with Crippen LogP contribution < -0.4 is 20.1 Å². The molecular weight excluding hydrogens is 377 g/mol. The molecule has 9 heteroatoms. The Labute approximate surface area is 158 Å². The Morgan fingerprint density at radius 3 is 2.36 bits per heavy atom. The van der Waals surface area contributed by atoms with Gasteiger partial charge in [-0.2, -0.15) is 13.2 Å². The van der Waals surface area contributed by atoms with Gasteiger partial charge in [-0.15, -0.1) is 0 Å². The highest BCUT2D eigenvalue weighted by atomic mass is 19.4. The number of amides is 2. The molecule has 0 aliphatic carbocycles. The first-order valence-electron chi connectivity index (χ1n) is 8.35. The summed E-state index contributed by atoms with van der Waals surface area (Å²) in [5, 5.41) is 0. The lowest BCUT2D eigenvalue weighted by molar-refractivity contribution is -0.137. The van der Waals surface area contributed by atoms with Crippen molar-refractivity contribution in [3.05, 3.63) is 48.0 Å². The van der Waals surface area contributed by atoms with Crippen molar-refractivity contribution in [3.63, 3.8) is 0 Å². The second-order valence-electron chi connectivity index (χ2n) is 6.18. The smallest absolute Gasteiger partial charge is 0.416 e. The summed E-state index contributed by atoms with van der Waals surface area (Å²) in [6.45, 7) is 0. The molecule has 1 fully saturated rings. The second-order valence-corrected chi connectivity index (χ2v) is 6.18. The fourth-order valence-corrected chi connectivity index (χ4v) is 3.02. The standard InChI is InChI=1S/C19H17F3N2O4/c1-27-16-8-6-13(28-12-4-2-11(3-5-12)19(20,21)22)10-15(16)24-14(18(23)26)7-9-17(24)25/h2-6,8,10,14H,7,9H2,1H3,(H2,23,26). The van der Waals surface area contributed by atoms with E-state index in [2.05, 4.69) is 0 Å². The lowest BCUT2D eigenvalue weighted by Crippen LogP contribution is -2.42. The van der Waals surface area contributed by atoms with Crippen LogP contribution in [-0.2, 0) is 15.8 Å². The van der Waals surface area contributed by atoms with Gasteiger partial charge in [0.05, 0.1) is 18.4 Å². The van der Waals surface area contributed by atoms with E-state index < -0.39 is 23.7 Å². The highest BCUT2D eigenvalue weighted by molar-refractivity contribution is 6.04. The van der Waals surface area contributed by atoms with Gasteiger partial charge in [0.1, 0.15) is 23.3 Å². The molecule has 148 valence electrons. The number of methoxy groups -OCH3 is 1. The van der Waals surface area contributed by atoms with Gasteiger partial charge in [-0.3, -0.25) is 14.5 Å². The van der Waals surface area contributed by atoms with Gasteiger partial charge < -0.3 is 15.2 Å². The second kappa shape index (κ2) is 7.41. The van der Waals surface area contributed by atoms with Crippen LogP contribution in [-0.4, -0.2) is 25.0 Å². The molecule has 0 spiro atoms. The number of nitrogens with two attached hydrogens (primary N) is 1. The molecule has 2 amide bonds. The van der Waals surface area contributed by atoms with Crippen molar-refractivity contribution in [2.75, 3.05) is 12.0 Å². The molecule has 1 heterocycles. The van der Waals surface area contributed by atoms with Crippen LogP contribution in [0.3, 0.4) is 0 Å². The first-order valence-corrected chi connectivity index (χ1v) is 8.35. The maximum atomic E-state index is 12.7. The van der Waals surface area contributed by atoms with Gasteiger partial charge in [0.15, 0.2) is 0 Å². The van der Waals surface area contributed by atoms with Crippen molar-refractivity contribution in [2.45, 2.75) is 25.1 Å². The summed E-state index contributed by atoms with van der Waals surface area (Å²) in [7, 11) is 1.41. The third kappa shape index (κ3) is 3.88. The molecule has 0 saturated carbocycles. The molecule has 0 bridgehead atoms. The first-order chi connectivity index (χ1) is 13.2. The van der Waals surface area contributed by atoms with Gasteiger partial charge in [0.25, 0.3) is 0 Å². The zero-order chi connectivity index (χ0) is 20.5. The van der Waals surface area contributed by atoms with E-state index in [1.54, 1.807) is 12.1 Å². The Morgan fingerprint density at radius 2 is 1.79 bits per heavy atom. The SMILES string of the molecule is COc1ccc(Oc2ccc(C(F)(F)F)cc2)cc1N1C(=O)CCC1C(N)=O. The minimum Gasteiger partial charge on any atom is -0.495 e. The Hall–Kier alpha value is -3.23. The normalized spacial score (nSPS) is 16.9. The number of anilines is 1. The summed E-state index contributed by atoms with van der Waals surface area (Å²) >= 11 is 0. The van der Waals surface area contributed by atoms with Crippen LogP contribution in [0.5, 0.6) is 17.2 Å². The van der Waals surface area contributed by atoms with E-state index in [-0.39, 0.29) is 23.8 Å². The lowest BCUT2D eigenvalue weighted by atomic mass is 10.2. The van der Waals surface area contributed by atoms with E-state index in [9.17, 15) is 22.8 Å². The minimum atomic E-state index is -4.44. The number of carbonyl (C=O) groups excluding carboxylic acids is 2. The highest BCUT2D eigenvalue weighted by Gasteiger charge is 2.37. The first kappa shape index (κ1) is 19.5. The van der Waals surface area contributed by atoms with E-state index in [1.165, 1.54) is 30.2 Å². The van der Waals surface area contributed by atoms with Gasteiger partial charge in [-0.25, -0.2) is 0 Å². The molecule has 1 aliphatic heterocycles. The van der Waals surface area contributed by atoms with E-state index in [4.69, 9.17) is 15.2 Å². The fraction of sp³-hybridized carbons (Fsp3) is 0.263. The predicted molar refractivity (Wildman–Crippen MR) is 94.2 cm³/mol. The van der Waals surface area contributed by atoms with Gasteiger partial charge in [-0.05, 0) is 42.8 Å². The molecule has 6 nitrogen and oxygen atoms in total. The van der Waals surface area contributed by atoms with Crippen LogP contribution in [0.15, 0.2) is 42.5 Å². The third-order valence-electron chi connectivity index (χ3n) is 4.37. The van der Waals surface area contributed by atoms with Crippen molar-refractivity contribution in [1.82, 2.24) is 0 Å². The number of primary amides is 1. The molecule has 2 aromatic carbocycles. The number of rotatable bonds is 5. The maximum absolute atomic E-state index is 12.7. The van der Waals surface area contributed by atoms with E-state index in [0.717, 1.165) is 12.1 Å². The van der Waals surface area contributed by atoms with Gasteiger partial charge in [0, 0.05) is 12.5 Å². The van der Waals surface area contributed by atoms with Crippen molar-refractivity contribution in [1.29, 1.82) is 0 Å². The number of hydrogen-bond donors (Lipinski definition) is 1. The van der Waals surface area contributed by atoms with Crippen LogP contribution in [0.25, 0.3) is 0 Å². The Kier molecular flexibility index (Phi) is 5.17. The van der Waals surface area contributed by atoms with E-state index >= 15 is 0 Å². The highest BCUT2D eigenvalue weighted by Crippen LogP contribution is 2.38. The Morgan fingerprint density at radius 1 is 1.14 bits per heavy atom. The minimum absolute atomic E-state index is 0.167. The number of carbonyl (C=O) groups is 2. The van der Waals surface area contributed by atoms with Crippen LogP contribution in [0.2, 0.25) is 0 Å². The van der Waals surface area contributed by atoms with Crippen molar-refractivity contribution in [2.24, 2.45) is 5.73 Å². The summed E-state index contributed by atoms with van der Waals surface area (Å²) in [6.07, 6.45) is -3.98. The molecule has 1 atom stereocenters. The van der Waals surface area contributed by atoms with Gasteiger partial charge in [0.2, 0.25) is 11.8 Å². The molecule has 2 aromatic rings. The van der Waals surface area contributed by atoms with Crippen LogP contribution in [0, 0.1) is 0 Å².